The second kappa shape index (κ2) is 9.02. The van der Waals surface area contributed by atoms with Gasteiger partial charge >= 0.3 is 12.1 Å². The van der Waals surface area contributed by atoms with Gasteiger partial charge in [-0.2, -0.15) is 0 Å². The van der Waals surface area contributed by atoms with Crippen LogP contribution in [-0.4, -0.2) is 36.7 Å². The van der Waals surface area contributed by atoms with Gasteiger partial charge in [-0.15, -0.1) is 0 Å². The van der Waals surface area contributed by atoms with Crippen molar-refractivity contribution in [3.63, 3.8) is 0 Å². The molecule has 0 radical (unpaired) electrons. The minimum absolute atomic E-state index is 0.198. The molecule has 142 valence electrons. The van der Waals surface area contributed by atoms with Crippen molar-refractivity contribution in [3.05, 3.63) is 60.4 Å². The molecular weight excluding hydrogens is 349 g/mol. The van der Waals surface area contributed by atoms with E-state index < -0.39 is 6.09 Å². The first-order valence-corrected chi connectivity index (χ1v) is 8.92. The molecule has 0 spiro atoms. The molecule has 1 fully saturated rings. The number of nitrogens with zero attached hydrogens (tertiary/aromatic N) is 1. The number of hydrogen-bond acceptors (Lipinski definition) is 3. The van der Waals surface area contributed by atoms with E-state index in [2.05, 4.69) is 10.6 Å². The fourth-order valence-electron chi connectivity index (χ4n) is 2.94. The Hall–Kier alpha value is -3.09. The van der Waals surface area contributed by atoms with Crippen molar-refractivity contribution in [1.82, 2.24) is 10.2 Å². The number of carbonyl (C=O) groups excluding carboxylic acids is 2. The third-order valence-electron chi connectivity index (χ3n) is 4.49. The monoisotopic (exact) mass is 371 g/mol. The van der Waals surface area contributed by atoms with Crippen molar-refractivity contribution in [3.8, 4) is 5.75 Å². The molecule has 2 aromatic rings. The summed E-state index contributed by atoms with van der Waals surface area (Å²) < 4.78 is 18.1. The molecule has 2 N–H and O–H groups in total. The maximum atomic E-state index is 12.9. The Morgan fingerprint density at radius 2 is 1.70 bits per heavy atom. The quantitative estimate of drug-likeness (QED) is 0.857. The van der Waals surface area contributed by atoms with Crippen molar-refractivity contribution < 1.29 is 18.7 Å². The molecule has 27 heavy (non-hydrogen) atoms. The second-order valence-corrected chi connectivity index (χ2v) is 6.45. The van der Waals surface area contributed by atoms with Crippen molar-refractivity contribution in [1.29, 1.82) is 0 Å². The van der Waals surface area contributed by atoms with E-state index in [1.54, 1.807) is 29.2 Å². The van der Waals surface area contributed by atoms with Crippen LogP contribution in [0.15, 0.2) is 54.6 Å². The molecule has 0 bridgehead atoms. The van der Waals surface area contributed by atoms with Crippen molar-refractivity contribution in [2.75, 3.05) is 25.0 Å². The molecule has 1 heterocycles. The molecule has 3 rings (SSSR count). The first-order valence-electron chi connectivity index (χ1n) is 8.92. The lowest BCUT2D eigenvalue weighted by Crippen LogP contribution is -2.43. The number of halogens is 1. The Labute approximate surface area is 157 Å². The zero-order valence-corrected chi connectivity index (χ0v) is 14.9. The van der Waals surface area contributed by atoms with Gasteiger partial charge in [0, 0.05) is 25.3 Å². The van der Waals surface area contributed by atoms with Gasteiger partial charge in [-0.1, -0.05) is 18.2 Å². The van der Waals surface area contributed by atoms with E-state index in [1.165, 1.54) is 24.3 Å². The van der Waals surface area contributed by atoms with E-state index in [9.17, 15) is 14.0 Å². The molecule has 1 aliphatic heterocycles. The van der Waals surface area contributed by atoms with Crippen molar-refractivity contribution in [2.45, 2.75) is 12.8 Å². The van der Waals surface area contributed by atoms with Gasteiger partial charge < -0.3 is 20.3 Å². The second-order valence-electron chi connectivity index (χ2n) is 6.45. The Bertz CT molecular complexity index is 760. The Morgan fingerprint density at radius 1 is 1.04 bits per heavy atom. The van der Waals surface area contributed by atoms with Gasteiger partial charge in [-0.05, 0) is 55.2 Å². The number of ether oxygens (including phenoxy) is 1. The Morgan fingerprint density at radius 3 is 2.37 bits per heavy atom. The number of amides is 3. The van der Waals surface area contributed by atoms with E-state index >= 15 is 0 Å². The standard InChI is InChI=1S/C20H22FN3O3/c21-16-6-8-17(9-7-16)23-19(25)24-12-10-15(11-13-24)14-22-20(26)27-18-4-2-1-3-5-18/h1-9,15H,10-14H2,(H,22,26)(H,23,25). The minimum atomic E-state index is -0.474. The molecule has 3 amide bonds. The molecular formula is C20H22FN3O3. The molecule has 1 aliphatic rings. The first-order chi connectivity index (χ1) is 13.1. The third kappa shape index (κ3) is 5.70. The van der Waals surface area contributed by atoms with Crippen LogP contribution in [0.25, 0.3) is 0 Å². The molecule has 0 aliphatic carbocycles. The number of para-hydroxylation sites is 1. The lowest BCUT2D eigenvalue weighted by atomic mass is 9.97. The highest BCUT2D eigenvalue weighted by atomic mass is 19.1. The van der Waals surface area contributed by atoms with Gasteiger partial charge in [0.05, 0.1) is 0 Å². The fourth-order valence-corrected chi connectivity index (χ4v) is 2.94. The van der Waals surface area contributed by atoms with E-state index in [1.807, 2.05) is 6.07 Å². The summed E-state index contributed by atoms with van der Waals surface area (Å²) >= 11 is 0. The average Bonchev–Trinajstić information content (AvgIpc) is 2.69. The van der Waals surface area contributed by atoms with Crippen LogP contribution in [0.2, 0.25) is 0 Å². The number of rotatable bonds is 4. The predicted molar refractivity (Wildman–Crippen MR) is 100 cm³/mol. The van der Waals surface area contributed by atoms with Gasteiger partial charge in [-0.3, -0.25) is 0 Å². The van der Waals surface area contributed by atoms with Crippen LogP contribution in [0.3, 0.4) is 0 Å². The van der Waals surface area contributed by atoms with Crippen molar-refractivity contribution >= 4 is 17.8 Å². The van der Waals surface area contributed by atoms with Gasteiger partial charge in [0.15, 0.2) is 0 Å². The van der Waals surface area contributed by atoms with E-state index in [4.69, 9.17) is 4.74 Å². The first kappa shape index (κ1) is 18.7. The molecule has 2 aromatic carbocycles. The summed E-state index contributed by atoms with van der Waals surface area (Å²) in [5.41, 5.74) is 0.564. The number of likely N-dealkylation sites (tertiary alicyclic amines) is 1. The zero-order valence-electron chi connectivity index (χ0n) is 14.9. The van der Waals surface area contributed by atoms with Crippen LogP contribution in [0.1, 0.15) is 12.8 Å². The smallest absolute Gasteiger partial charge is 0.410 e. The van der Waals surface area contributed by atoms with Crippen molar-refractivity contribution in [2.24, 2.45) is 5.92 Å². The maximum absolute atomic E-state index is 12.9. The molecule has 6 nitrogen and oxygen atoms in total. The number of piperidine rings is 1. The lowest BCUT2D eigenvalue weighted by molar-refractivity contribution is 0.175. The number of benzene rings is 2. The van der Waals surface area contributed by atoms with Gasteiger partial charge in [-0.25, -0.2) is 14.0 Å². The number of urea groups is 1. The number of anilines is 1. The van der Waals surface area contributed by atoms with Gasteiger partial charge in [0.25, 0.3) is 0 Å². The van der Waals surface area contributed by atoms with Crippen LogP contribution in [-0.2, 0) is 0 Å². The van der Waals surface area contributed by atoms with Crippen LogP contribution in [0, 0.1) is 11.7 Å². The zero-order chi connectivity index (χ0) is 19.1. The third-order valence-corrected chi connectivity index (χ3v) is 4.49. The summed E-state index contributed by atoms with van der Waals surface area (Å²) in [5.74, 6) is 0.456. The topological polar surface area (TPSA) is 70.7 Å². The number of nitrogens with one attached hydrogen (secondary N) is 2. The van der Waals surface area contributed by atoms with E-state index in [-0.39, 0.29) is 11.8 Å². The molecule has 0 atom stereocenters. The highest BCUT2D eigenvalue weighted by molar-refractivity contribution is 5.89. The molecule has 0 saturated carbocycles. The van der Waals surface area contributed by atoms with Crippen LogP contribution < -0.4 is 15.4 Å². The average molecular weight is 371 g/mol. The summed E-state index contributed by atoms with van der Waals surface area (Å²) in [6, 6.07) is 14.4. The summed E-state index contributed by atoms with van der Waals surface area (Å²) in [5, 5.41) is 5.54. The molecule has 0 aromatic heterocycles. The fraction of sp³-hybridized carbons (Fsp3) is 0.300. The summed E-state index contributed by atoms with van der Waals surface area (Å²) in [6.07, 6.45) is 1.11. The number of hydrogen-bond donors (Lipinski definition) is 2. The predicted octanol–water partition coefficient (Wildman–Crippen LogP) is 3.86. The largest absolute Gasteiger partial charge is 0.412 e. The maximum Gasteiger partial charge on any atom is 0.412 e. The molecule has 0 unspecified atom stereocenters. The molecule has 1 saturated heterocycles. The Kier molecular flexibility index (Phi) is 6.25. The normalized spacial score (nSPS) is 14.5. The van der Waals surface area contributed by atoms with Gasteiger partial charge in [0.1, 0.15) is 11.6 Å². The van der Waals surface area contributed by atoms with Crippen LogP contribution in [0.4, 0.5) is 19.7 Å². The summed E-state index contributed by atoms with van der Waals surface area (Å²) in [4.78, 5) is 25.8. The SMILES string of the molecule is O=C(NCC1CCN(C(=O)Nc2ccc(F)cc2)CC1)Oc1ccccc1. The van der Waals surface area contributed by atoms with Crippen LogP contribution >= 0.6 is 0 Å². The highest BCUT2D eigenvalue weighted by Crippen LogP contribution is 2.18. The van der Waals surface area contributed by atoms with E-state index in [0.29, 0.717) is 37.0 Å². The Balaban J connectivity index is 1.37. The lowest BCUT2D eigenvalue weighted by Gasteiger charge is -2.32. The van der Waals surface area contributed by atoms with E-state index in [0.717, 1.165) is 12.8 Å². The highest BCUT2D eigenvalue weighted by Gasteiger charge is 2.23. The summed E-state index contributed by atoms with van der Waals surface area (Å²) in [6.45, 7) is 1.72. The van der Waals surface area contributed by atoms with Crippen LogP contribution in [0.5, 0.6) is 5.75 Å². The van der Waals surface area contributed by atoms with Gasteiger partial charge in [0.2, 0.25) is 0 Å². The minimum Gasteiger partial charge on any atom is -0.410 e. The molecule has 7 heteroatoms. The summed E-state index contributed by atoms with van der Waals surface area (Å²) in [7, 11) is 0. The number of carbonyl (C=O) groups is 2.